The molecule has 3 aromatic heterocycles. The predicted molar refractivity (Wildman–Crippen MR) is 133 cm³/mol. The average Bonchev–Trinajstić information content (AvgIpc) is 3.29. The number of fused-ring (bicyclic) bond motifs is 1. The number of sulfone groups is 1. The summed E-state index contributed by atoms with van der Waals surface area (Å²) < 4.78 is 31.3. The molecule has 0 saturated carbocycles. The zero-order valence-electron chi connectivity index (χ0n) is 19.4. The van der Waals surface area contributed by atoms with Crippen molar-refractivity contribution in [3.8, 4) is 11.6 Å². The molecule has 186 valence electrons. The minimum Gasteiger partial charge on any atom is -0.474 e. The van der Waals surface area contributed by atoms with E-state index in [1.807, 2.05) is 4.90 Å². The van der Waals surface area contributed by atoms with Gasteiger partial charge >= 0.3 is 0 Å². The lowest BCUT2D eigenvalue weighted by atomic mass is 10.1. The van der Waals surface area contributed by atoms with Gasteiger partial charge in [0.1, 0.15) is 23.0 Å². The van der Waals surface area contributed by atoms with Crippen LogP contribution in [0.1, 0.15) is 18.5 Å². The molecule has 1 aliphatic heterocycles. The number of benzene rings is 1. The lowest BCUT2D eigenvalue weighted by Crippen LogP contribution is -2.42. The second kappa shape index (κ2) is 9.82. The third-order valence-electron chi connectivity index (χ3n) is 6.02. The number of nitrogens with zero attached hydrogens (tertiary/aromatic N) is 6. The van der Waals surface area contributed by atoms with E-state index in [2.05, 4.69) is 20.1 Å². The van der Waals surface area contributed by atoms with Crippen LogP contribution in [0.5, 0.6) is 5.88 Å². The standard InChI is InChI=1S/C24H23ClN6O4S/c1-36(33,34)19-7-5-17(6-8-19)31-23-20(14-28-31)24(27-15-26-23)35-18-9-11-30(12-10-18)22(32)13-16-3-2-4-21(25)29-16/h2-8,14-15,18H,9-13H2,1H3. The summed E-state index contributed by atoms with van der Waals surface area (Å²) in [5.41, 5.74) is 1.87. The Labute approximate surface area is 212 Å². The van der Waals surface area contributed by atoms with E-state index in [9.17, 15) is 13.2 Å². The summed E-state index contributed by atoms with van der Waals surface area (Å²) >= 11 is 5.92. The van der Waals surface area contributed by atoms with Crippen LogP contribution in [-0.2, 0) is 21.1 Å². The maximum absolute atomic E-state index is 12.7. The van der Waals surface area contributed by atoms with Gasteiger partial charge in [0.2, 0.25) is 11.8 Å². The number of pyridine rings is 1. The number of halogens is 1. The quantitative estimate of drug-likeness (QED) is 0.352. The van der Waals surface area contributed by atoms with Crippen LogP contribution in [-0.4, -0.2) is 69.4 Å². The lowest BCUT2D eigenvalue weighted by Gasteiger charge is -2.32. The van der Waals surface area contributed by atoms with Gasteiger partial charge in [-0.15, -0.1) is 0 Å². The molecule has 0 atom stereocenters. The Balaban J connectivity index is 1.25. The number of hydrogen-bond acceptors (Lipinski definition) is 8. The van der Waals surface area contributed by atoms with Crippen molar-refractivity contribution < 1.29 is 17.9 Å². The van der Waals surface area contributed by atoms with Crippen LogP contribution in [0.15, 0.2) is 59.9 Å². The van der Waals surface area contributed by atoms with Gasteiger partial charge in [0.25, 0.3) is 0 Å². The average molecular weight is 527 g/mol. The van der Waals surface area contributed by atoms with Gasteiger partial charge in [-0.05, 0) is 36.4 Å². The number of hydrogen-bond donors (Lipinski definition) is 0. The van der Waals surface area contributed by atoms with Gasteiger partial charge < -0.3 is 9.64 Å². The summed E-state index contributed by atoms with van der Waals surface area (Å²) in [5.74, 6) is 0.433. The predicted octanol–water partition coefficient (Wildman–Crippen LogP) is 2.88. The third kappa shape index (κ3) is 5.17. The monoisotopic (exact) mass is 526 g/mol. The SMILES string of the molecule is CS(=O)(=O)c1ccc(-n2ncc3c(OC4CCN(C(=O)Cc5cccc(Cl)n5)CC4)ncnc32)cc1. The highest BCUT2D eigenvalue weighted by Crippen LogP contribution is 2.26. The summed E-state index contributed by atoms with van der Waals surface area (Å²) in [6, 6.07) is 11.7. The normalized spacial score (nSPS) is 14.8. The molecular weight excluding hydrogens is 504 g/mol. The number of amides is 1. The number of likely N-dealkylation sites (tertiary alicyclic amines) is 1. The fourth-order valence-electron chi connectivity index (χ4n) is 4.14. The molecule has 1 amide bonds. The summed E-state index contributed by atoms with van der Waals surface area (Å²) in [7, 11) is -3.29. The van der Waals surface area contributed by atoms with E-state index in [0.717, 1.165) is 0 Å². The van der Waals surface area contributed by atoms with E-state index in [4.69, 9.17) is 16.3 Å². The minimum atomic E-state index is -3.29. The lowest BCUT2D eigenvalue weighted by molar-refractivity contribution is -0.132. The molecule has 4 heterocycles. The summed E-state index contributed by atoms with van der Waals surface area (Å²) in [4.78, 5) is 27.6. The maximum Gasteiger partial charge on any atom is 0.228 e. The van der Waals surface area contributed by atoms with Crippen molar-refractivity contribution in [2.45, 2.75) is 30.3 Å². The maximum atomic E-state index is 12.7. The van der Waals surface area contributed by atoms with Gasteiger partial charge in [-0.2, -0.15) is 5.10 Å². The second-order valence-corrected chi connectivity index (χ2v) is 11.0. The Morgan fingerprint density at radius 1 is 1.11 bits per heavy atom. The number of aromatic nitrogens is 5. The van der Waals surface area contributed by atoms with Crippen LogP contribution >= 0.6 is 11.6 Å². The van der Waals surface area contributed by atoms with Crippen LogP contribution in [0, 0.1) is 0 Å². The Kier molecular flexibility index (Phi) is 6.59. The Hall–Kier alpha value is -3.57. The summed E-state index contributed by atoms with van der Waals surface area (Å²) in [6.07, 6.45) is 5.65. The Morgan fingerprint density at radius 2 is 1.86 bits per heavy atom. The van der Waals surface area contributed by atoms with Gasteiger partial charge in [0.05, 0.1) is 28.9 Å². The van der Waals surface area contributed by atoms with Crippen LogP contribution in [0.2, 0.25) is 5.15 Å². The van der Waals surface area contributed by atoms with Crippen molar-refractivity contribution in [2.24, 2.45) is 0 Å². The first-order valence-electron chi connectivity index (χ1n) is 11.3. The smallest absolute Gasteiger partial charge is 0.228 e. The van der Waals surface area contributed by atoms with E-state index >= 15 is 0 Å². The number of carbonyl (C=O) groups excluding carboxylic acids is 1. The summed E-state index contributed by atoms with van der Waals surface area (Å²) in [6.45, 7) is 1.15. The first kappa shape index (κ1) is 24.1. The topological polar surface area (TPSA) is 120 Å². The first-order valence-corrected chi connectivity index (χ1v) is 13.6. The Morgan fingerprint density at radius 3 is 2.56 bits per heavy atom. The Bertz CT molecular complexity index is 1520. The van der Waals surface area contributed by atoms with E-state index < -0.39 is 9.84 Å². The van der Waals surface area contributed by atoms with Crippen molar-refractivity contribution in [3.63, 3.8) is 0 Å². The molecule has 0 unspecified atom stereocenters. The molecule has 36 heavy (non-hydrogen) atoms. The van der Waals surface area contributed by atoms with Gasteiger partial charge in [0.15, 0.2) is 15.5 Å². The van der Waals surface area contributed by atoms with Crippen LogP contribution in [0.25, 0.3) is 16.7 Å². The molecule has 5 rings (SSSR count). The van der Waals surface area contributed by atoms with Crippen molar-refractivity contribution in [2.75, 3.05) is 19.3 Å². The van der Waals surface area contributed by atoms with E-state index in [0.29, 0.717) is 59.4 Å². The van der Waals surface area contributed by atoms with Crippen molar-refractivity contribution in [1.29, 1.82) is 0 Å². The van der Waals surface area contributed by atoms with Crippen LogP contribution in [0.4, 0.5) is 0 Å². The van der Waals surface area contributed by atoms with E-state index in [-0.39, 0.29) is 23.3 Å². The first-order chi connectivity index (χ1) is 17.3. The minimum absolute atomic E-state index is 0.0100. The molecule has 0 radical (unpaired) electrons. The molecule has 1 aromatic carbocycles. The zero-order chi connectivity index (χ0) is 25.3. The molecule has 1 saturated heterocycles. The highest BCUT2D eigenvalue weighted by Gasteiger charge is 2.25. The fourth-order valence-corrected chi connectivity index (χ4v) is 4.95. The van der Waals surface area contributed by atoms with Crippen LogP contribution < -0.4 is 4.74 Å². The van der Waals surface area contributed by atoms with E-state index in [1.165, 1.54) is 24.7 Å². The molecule has 0 spiro atoms. The molecule has 1 aliphatic rings. The molecule has 0 bridgehead atoms. The second-order valence-electron chi connectivity index (χ2n) is 8.56. The van der Waals surface area contributed by atoms with Gasteiger partial charge in [0, 0.05) is 32.2 Å². The van der Waals surface area contributed by atoms with Crippen molar-refractivity contribution >= 4 is 38.4 Å². The number of rotatable bonds is 6. The third-order valence-corrected chi connectivity index (χ3v) is 7.36. The van der Waals surface area contributed by atoms with Gasteiger partial charge in [-0.3, -0.25) is 4.79 Å². The van der Waals surface area contributed by atoms with Gasteiger partial charge in [-0.25, -0.2) is 28.1 Å². The van der Waals surface area contributed by atoms with Gasteiger partial charge in [-0.1, -0.05) is 17.7 Å². The zero-order valence-corrected chi connectivity index (χ0v) is 21.0. The molecule has 0 N–H and O–H groups in total. The van der Waals surface area contributed by atoms with Crippen molar-refractivity contribution in [3.05, 3.63) is 65.8 Å². The van der Waals surface area contributed by atoms with Crippen LogP contribution in [0.3, 0.4) is 0 Å². The molecule has 1 fully saturated rings. The fraction of sp³-hybridized carbons (Fsp3) is 0.292. The highest BCUT2D eigenvalue weighted by atomic mass is 35.5. The molecule has 12 heteroatoms. The molecule has 4 aromatic rings. The number of ether oxygens (including phenoxy) is 1. The molecular formula is C24H23ClN6O4S. The van der Waals surface area contributed by atoms with Crippen molar-refractivity contribution in [1.82, 2.24) is 29.6 Å². The number of piperidine rings is 1. The molecule has 10 nitrogen and oxygen atoms in total. The largest absolute Gasteiger partial charge is 0.474 e. The molecule has 0 aliphatic carbocycles. The number of carbonyl (C=O) groups is 1. The van der Waals surface area contributed by atoms with E-state index in [1.54, 1.807) is 41.2 Å². The highest BCUT2D eigenvalue weighted by molar-refractivity contribution is 7.90. The summed E-state index contributed by atoms with van der Waals surface area (Å²) in [5, 5.41) is 5.43.